The van der Waals surface area contributed by atoms with E-state index in [1.165, 1.54) is 13.8 Å². The van der Waals surface area contributed by atoms with Crippen LogP contribution in [0.25, 0.3) is 0 Å². The van der Waals surface area contributed by atoms with Gasteiger partial charge in [-0.3, -0.25) is 4.79 Å². The number of hydrogen-bond donors (Lipinski definition) is 16. The minimum Gasteiger partial charge on any atom is -0.394 e. The zero-order valence-electron chi connectivity index (χ0n) is 53.1. The molecule has 0 aromatic carbocycles. The van der Waals surface area contributed by atoms with Crippen molar-refractivity contribution >= 4 is 5.78 Å². The molecule has 8 aliphatic heterocycles. The van der Waals surface area contributed by atoms with Crippen molar-refractivity contribution in [3.63, 3.8) is 0 Å². The Bertz CT molecular complexity index is 2520. The molecule has 12 aliphatic rings. The van der Waals surface area contributed by atoms with Crippen LogP contribution in [0, 0.1) is 52.3 Å². The largest absolute Gasteiger partial charge is 0.394 e. The maximum absolute atomic E-state index is 14.7. The van der Waals surface area contributed by atoms with Gasteiger partial charge in [0.1, 0.15) is 134 Å². The van der Waals surface area contributed by atoms with Crippen molar-refractivity contribution in [2.75, 3.05) is 33.0 Å². The minimum absolute atomic E-state index is 0.0248. The van der Waals surface area contributed by atoms with E-state index in [-0.39, 0.29) is 41.1 Å². The summed E-state index contributed by atoms with van der Waals surface area (Å²) in [5.74, 6) is 1.29. The minimum atomic E-state index is -2.11. The summed E-state index contributed by atoms with van der Waals surface area (Å²) in [4.78, 5) is 14.7. The van der Waals surface area contributed by atoms with E-state index >= 15 is 0 Å². The van der Waals surface area contributed by atoms with Gasteiger partial charge in [-0.2, -0.15) is 0 Å². The van der Waals surface area contributed by atoms with Crippen molar-refractivity contribution in [3.05, 3.63) is 0 Å². The van der Waals surface area contributed by atoms with Crippen molar-refractivity contribution in [1.82, 2.24) is 0 Å². The van der Waals surface area contributed by atoms with Gasteiger partial charge in [0.15, 0.2) is 43.5 Å². The zero-order valence-corrected chi connectivity index (χ0v) is 53.1. The highest BCUT2D eigenvalue weighted by Gasteiger charge is 2.72. The van der Waals surface area contributed by atoms with Crippen molar-refractivity contribution < 1.29 is 153 Å². The van der Waals surface area contributed by atoms with Crippen molar-refractivity contribution in [1.29, 1.82) is 0 Å². The van der Waals surface area contributed by atoms with Crippen LogP contribution < -0.4 is 0 Å². The standard InChI is InChI=1S/C62H100O31/c1-21-9-12-62(81-19-21)22(2)36-31(93-62)14-29-27-8-7-25-13-26(10-11-60(25,5)28(27)15-35(67)61(29,36)6)84-57-46(77)42(73)51(33(17-64)86-57)90-58-47(78)43(74)52(34(18-65)87-58)91-59-53(40(71)38(69)32(16-63)85-59)92-54-48(79)50(30(66)20-80-54)89-56-45(76)41(72)49(24(4)83-56)88-55-44(75)39(70)37(68)23(3)82-55/h21-34,36-59,63-66,68-79H,7-20H2,1-6H3/t21-,22+,23+,24+,25+,26+,27-,28+,29+,30-,31+,32-,33-,34-,36+,37+,38-,39-,40+,41+,42-,43-,44-,45-,46-,47-,48-,49+,50+,51+,52-,53-,54+,55+,56+,57-,58+,59+,60+,61-,62-/m1/s1. The average Bonchev–Trinajstić information content (AvgIpc) is 1.55. The predicted molar refractivity (Wildman–Crippen MR) is 305 cm³/mol. The van der Waals surface area contributed by atoms with E-state index in [9.17, 15) is 86.5 Å². The first kappa shape index (κ1) is 71.3. The van der Waals surface area contributed by atoms with Crippen molar-refractivity contribution in [2.45, 2.75) is 295 Å². The molecule has 93 heavy (non-hydrogen) atoms. The molecule has 534 valence electrons. The number of ketones is 1. The van der Waals surface area contributed by atoms with Gasteiger partial charge in [-0.05, 0) is 93.8 Å². The Morgan fingerprint density at radius 2 is 1.01 bits per heavy atom. The van der Waals surface area contributed by atoms with Gasteiger partial charge in [0.25, 0.3) is 0 Å². The summed E-state index contributed by atoms with van der Waals surface area (Å²) in [5, 5.41) is 176. The third kappa shape index (κ3) is 12.6. The first-order chi connectivity index (χ1) is 44.1. The van der Waals surface area contributed by atoms with E-state index in [2.05, 4.69) is 27.7 Å². The van der Waals surface area contributed by atoms with E-state index < -0.39 is 222 Å². The van der Waals surface area contributed by atoms with Gasteiger partial charge in [0.2, 0.25) is 0 Å². The van der Waals surface area contributed by atoms with Crippen LogP contribution in [-0.2, 0) is 71.1 Å². The van der Waals surface area contributed by atoms with E-state index in [0.29, 0.717) is 43.5 Å². The van der Waals surface area contributed by atoms with Crippen LogP contribution in [-0.4, -0.2) is 317 Å². The number of fused-ring (bicyclic) bond motifs is 7. The van der Waals surface area contributed by atoms with Gasteiger partial charge < -0.3 is 148 Å². The molecular weight excluding hydrogens is 1240 g/mol. The lowest BCUT2D eigenvalue weighted by atomic mass is 9.44. The van der Waals surface area contributed by atoms with Gasteiger partial charge >= 0.3 is 0 Å². The second-order valence-corrected chi connectivity index (χ2v) is 29.3. The molecular formula is C62H100O31. The predicted octanol–water partition coefficient (Wildman–Crippen LogP) is -5.39. The van der Waals surface area contributed by atoms with Crippen LogP contribution in [0.4, 0.5) is 0 Å². The Hall–Kier alpha value is -1.53. The lowest BCUT2D eigenvalue weighted by molar-refractivity contribution is -0.397. The first-order valence-electron chi connectivity index (χ1n) is 33.4. The van der Waals surface area contributed by atoms with E-state index in [0.717, 1.165) is 38.5 Å². The summed E-state index contributed by atoms with van der Waals surface area (Å²) in [5.41, 5.74) is -0.654. The smallest absolute Gasteiger partial charge is 0.187 e. The molecule has 12 fully saturated rings. The molecule has 41 atom stereocenters. The zero-order chi connectivity index (χ0) is 66.8. The highest BCUT2D eigenvalue weighted by molar-refractivity contribution is 5.87. The normalized spacial score (nSPS) is 57.5. The molecule has 8 saturated heterocycles. The molecule has 0 bridgehead atoms. The maximum Gasteiger partial charge on any atom is 0.187 e. The Morgan fingerprint density at radius 1 is 0.473 bits per heavy atom. The molecule has 8 heterocycles. The van der Waals surface area contributed by atoms with Crippen LogP contribution in [0.2, 0.25) is 0 Å². The monoisotopic (exact) mass is 1340 g/mol. The highest BCUT2D eigenvalue weighted by atomic mass is 16.8. The van der Waals surface area contributed by atoms with Crippen LogP contribution in [0.15, 0.2) is 0 Å². The Labute approximate surface area is 537 Å². The molecule has 4 saturated carbocycles. The number of aliphatic hydroxyl groups is 16. The second kappa shape index (κ2) is 27.8. The SMILES string of the molecule is C[C@@H]1CC[C@@]2(OC1)O[C@H]1C[C@H]3[C@@H]4CC[C@H]5C[C@@H](O[C@@H]6O[C@H](CO)[C@H](O[C@@H]7O[C@H](CO)[C@@H](O[C@@H]8O[C@H](CO)[C@@H](O)[C@H](O)[C@H]8O[C@@H]8OC[C@@H](O)[C@H](O[C@@H]9O[C@@H](C)[C@H](O[C@@H]%10O[C@@H](C)[C@H](O)[C@@H](O)[C@H]%10O)[C@@H](O)[C@H]9O)[C@H]8O)[C@H](O)[C@H]7O)[C@H](O)[C@H]6O)CC[C@]5(C)[C@H]4CC(=O)[C@]3(C)[C@H]1[C@@H]2C. The average molecular weight is 1340 g/mol. The summed E-state index contributed by atoms with van der Waals surface area (Å²) in [7, 11) is 0. The molecule has 31 nitrogen and oxygen atoms in total. The van der Waals surface area contributed by atoms with Crippen LogP contribution in [0.3, 0.4) is 0 Å². The van der Waals surface area contributed by atoms with Gasteiger partial charge in [-0.25, -0.2) is 0 Å². The third-order valence-electron chi connectivity index (χ3n) is 24.0. The quantitative estimate of drug-likeness (QED) is 0.0681. The number of hydrogen-bond acceptors (Lipinski definition) is 31. The van der Waals surface area contributed by atoms with Gasteiger partial charge in [0, 0.05) is 30.1 Å². The number of rotatable bonds is 15. The molecule has 0 aromatic heterocycles. The summed E-state index contributed by atoms with van der Waals surface area (Å²) >= 11 is 0. The maximum atomic E-state index is 14.7. The van der Waals surface area contributed by atoms with E-state index in [1.807, 2.05) is 0 Å². The summed E-state index contributed by atoms with van der Waals surface area (Å²) < 4.78 is 84.0. The fourth-order valence-corrected chi connectivity index (χ4v) is 18.5. The van der Waals surface area contributed by atoms with Crippen molar-refractivity contribution in [2.24, 2.45) is 52.3 Å². The molecule has 12 rings (SSSR count). The van der Waals surface area contributed by atoms with E-state index in [1.54, 1.807) is 0 Å². The molecule has 0 radical (unpaired) electrons. The molecule has 4 aliphatic carbocycles. The molecule has 0 aromatic rings. The highest BCUT2D eigenvalue weighted by Crippen LogP contribution is 2.70. The fourth-order valence-electron chi connectivity index (χ4n) is 18.5. The van der Waals surface area contributed by atoms with Gasteiger partial charge in [0.05, 0.1) is 57.5 Å². The van der Waals surface area contributed by atoms with Crippen LogP contribution in [0.5, 0.6) is 0 Å². The Kier molecular flexibility index (Phi) is 21.3. The second-order valence-electron chi connectivity index (χ2n) is 29.3. The fraction of sp³-hybridized carbons (Fsp3) is 0.984. The lowest BCUT2D eigenvalue weighted by Gasteiger charge is -2.60. The third-order valence-corrected chi connectivity index (χ3v) is 24.0. The molecule has 0 unspecified atom stereocenters. The van der Waals surface area contributed by atoms with Crippen LogP contribution in [0.1, 0.15) is 99.3 Å². The van der Waals surface area contributed by atoms with Crippen LogP contribution >= 0.6 is 0 Å². The lowest BCUT2D eigenvalue weighted by Crippen LogP contribution is -2.67. The van der Waals surface area contributed by atoms with E-state index in [4.69, 9.17) is 66.3 Å². The molecule has 31 heteroatoms. The number of Topliss-reactive ketones (excluding diaryl/α,β-unsaturated/α-hetero) is 1. The van der Waals surface area contributed by atoms with Gasteiger partial charge in [-0.1, -0.05) is 27.7 Å². The number of aliphatic hydroxyl groups excluding tert-OH is 16. The Morgan fingerprint density at radius 3 is 1.63 bits per heavy atom. The Balaban J connectivity index is 0.653. The van der Waals surface area contributed by atoms with Gasteiger partial charge in [-0.15, -0.1) is 0 Å². The number of carbonyl (C=O) groups is 1. The number of ether oxygens (including phenoxy) is 14. The molecule has 1 spiro atoms. The molecule has 16 N–H and O–H groups in total. The number of carbonyl (C=O) groups excluding carboxylic acids is 1. The summed E-state index contributed by atoms with van der Waals surface area (Å²) in [6, 6.07) is 0. The molecule has 0 amide bonds. The van der Waals surface area contributed by atoms with Crippen molar-refractivity contribution in [3.8, 4) is 0 Å². The summed E-state index contributed by atoms with van der Waals surface area (Å²) in [6.45, 7) is 9.05. The summed E-state index contributed by atoms with van der Waals surface area (Å²) in [6.07, 6.45) is -43.8. The first-order valence-corrected chi connectivity index (χ1v) is 33.4. The topological polar surface area (TPSA) is 470 Å².